The van der Waals surface area contributed by atoms with Gasteiger partial charge in [0.25, 0.3) is 0 Å². The molecule has 0 bridgehead atoms. The van der Waals surface area contributed by atoms with Crippen LogP contribution >= 0.6 is 22.9 Å². The van der Waals surface area contributed by atoms with E-state index in [9.17, 15) is 0 Å². The summed E-state index contributed by atoms with van der Waals surface area (Å²) in [5.41, 5.74) is 3.63. The van der Waals surface area contributed by atoms with Crippen LogP contribution in [0.2, 0.25) is 5.02 Å². The number of benzene rings is 3. The average Bonchev–Trinajstić information content (AvgIpc) is 3.05. The zero-order valence-corrected chi connectivity index (χ0v) is 14.5. The number of hydrogen-bond acceptors (Lipinski definition) is 1. The van der Waals surface area contributed by atoms with Crippen molar-refractivity contribution in [2.75, 3.05) is 0 Å². The van der Waals surface area contributed by atoms with Gasteiger partial charge in [-0.25, -0.2) is 0 Å². The van der Waals surface area contributed by atoms with Gasteiger partial charge in [0.15, 0.2) is 0 Å². The first kappa shape index (κ1) is 15.2. The number of rotatable bonds is 3. The largest absolute Gasteiger partial charge is 0.135 e. The van der Waals surface area contributed by atoms with Gasteiger partial charge in [-0.05, 0) is 46.3 Å². The van der Waals surface area contributed by atoms with Gasteiger partial charge in [-0.3, -0.25) is 0 Å². The predicted molar refractivity (Wildman–Crippen MR) is 108 cm³/mol. The maximum absolute atomic E-state index is 5.92. The molecular weight excluding hydrogens is 332 g/mol. The molecule has 116 valence electrons. The van der Waals surface area contributed by atoms with E-state index < -0.39 is 0 Å². The summed E-state index contributed by atoms with van der Waals surface area (Å²) >= 11 is 7.76. The van der Waals surface area contributed by atoms with Gasteiger partial charge in [-0.2, -0.15) is 0 Å². The molecule has 0 radical (unpaired) electrons. The fourth-order valence-electron chi connectivity index (χ4n) is 2.66. The Balaban J connectivity index is 1.64. The Hall–Kier alpha value is -2.35. The topological polar surface area (TPSA) is 0 Å². The van der Waals surface area contributed by atoms with Gasteiger partial charge < -0.3 is 0 Å². The summed E-state index contributed by atoms with van der Waals surface area (Å²) in [6, 6.07) is 27.3. The number of halogens is 1. The molecule has 0 atom stereocenters. The van der Waals surface area contributed by atoms with Crippen molar-refractivity contribution in [3.63, 3.8) is 0 Å². The van der Waals surface area contributed by atoms with E-state index in [1.54, 1.807) is 0 Å². The molecule has 0 amide bonds. The van der Waals surface area contributed by atoms with Crippen LogP contribution in [0.25, 0.3) is 32.7 Å². The van der Waals surface area contributed by atoms with Gasteiger partial charge in [0, 0.05) is 14.6 Å². The molecule has 0 fully saturated rings. The fourth-order valence-corrected chi connectivity index (χ4v) is 3.90. The summed E-state index contributed by atoms with van der Waals surface area (Å²) in [6.07, 6.45) is 4.26. The average molecular weight is 347 g/mol. The molecule has 4 rings (SSSR count). The number of hydrogen-bond donors (Lipinski definition) is 0. The van der Waals surface area contributed by atoms with E-state index in [0.717, 1.165) is 10.6 Å². The molecule has 0 aliphatic carbocycles. The molecular formula is C22H15ClS. The van der Waals surface area contributed by atoms with E-state index in [1.807, 2.05) is 35.6 Å². The van der Waals surface area contributed by atoms with Crippen LogP contribution in [-0.2, 0) is 0 Å². The van der Waals surface area contributed by atoms with E-state index in [2.05, 4.69) is 66.7 Å². The molecule has 3 aromatic carbocycles. The van der Waals surface area contributed by atoms with Gasteiger partial charge in [-0.15, -0.1) is 11.3 Å². The van der Waals surface area contributed by atoms with Gasteiger partial charge in [0.1, 0.15) is 0 Å². The van der Waals surface area contributed by atoms with Crippen molar-refractivity contribution >= 4 is 45.2 Å². The summed E-state index contributed by atoms with van der Waals surface area (Å²) in [7, 11) is 0. The van der Waals surface area contributed by atoms with Crippen molar-refractivity contribution < 1.29 is 0 Å². The minimum atomic E-state index is 0.764. The first-order valence-electron chi connectivity index (χ1n) is 7.81. The molecule has 0 spiro atoms. The van der Waals surface area contributed by atoms with Crippen molar-refractivity contribution in [1.29, 1.82) is 0 Å². The Bertz CT molecular complexity index is 995. The molecule has 2 heteroatoms. The summed E-state index contributed by atoms with van der Waals surface area (Å²) in [5, 5.41) is 2.06. The lowest BCUT2D eigenvalue weighted by molar-refractivity contribution is 1.66. The lowest BCUT2D eigenvalue weighted by atomic mass is 10.1. The van der Waals surface area contributed by atoms with Crippen LogP contribution in [-0.4, -0.2) is 0 Å². The molecule has 0 N–H and O–H groups in total. The van der Waals surface area contributed by atoms with Crippen LogP contribution in [0.1, 0.15) is 11.1 Å². The predicted octanol–water partition coefficient (Wildman–Crippen LogP) is 7.39. The molecule has 24 heavy (non-hydrogen) atoms. The van der Waals surface area contributed by atoms with E-state index in [4.69, 9.17) is 11.6 Å². The highest BCUT2D eigenvalue weighted by Gasteiger charge is 2.04. The monoisotopic (exact) mass is 346 g/mol. The van der Waals surface area contributed by atoms with Gasteiger partial charge in [-0.1, -0.05) is 78.4 Å². The van der Waals surface area contributed by atoms with E-state index in [-0.39, 0.29) is 0 Å². The van der Waals surface area contributed by atoms with Gasteiger partial charge >= 0.3 is 0 Å². The maximum Gasteiger partial charge on any atom is 0.0406 e. The molecule has 0 aliphatic heterocycles. The highest BCUT2D eigenvalue weighted by Crippen LogP contribution is 2.34. The maximum atomic E-state index is 5.92. The zero-order chi connectivity index (χ0) is 16.4. The Morgan fingerprint density at radius 1 is 0.708 bits per heavy atom. The van der Waals surface area contributed by atoms with Crippen molar-refractivity contribution in [3.05, 3.63) is 95.0 Å². The molecule has 4 aromatic rings. The summed E-state index contributed by atoms with van der Waals surface area (Å²) in [5.74, 6) is 0. The molecule has 1 aromatic heterocycles. The molecule has 1 heterocycles. The van der Waals surface area contributed by atoms with Crippen molar-refractivity contribution in [1.82, 2.24) is 0 Å². The van der Waals surface area contributed by atoms with Gasteiger partial charge in [0.05, 0.1) is 0 Å². The smallest absolute Gasteiger partial charge is 0.0406 e. The second kappa shape index (κ2) is 6.64. The van der Waals surface area contributed by atoms with Crippen molar-refractivity contribution in [3.8, 4) is 10.4 Å². The molecule has 0 unspecified atom stereocenters. The van der Waals surface area contributed by atoms with Crippen LogP contribution < -0.4 is 0 Å². The summed E-state index contributed by atoms with van der Waals surface area (Å²) < 4.78 is 1.31. The Morgan fingerprint density at radius 2 is 1.42 bits per heavy atom. The van der Waals surface area contributed by atoms with Crippen LogP contribution in [0.3, 0.4) is 0 Å². The van der Waals surface area contributed by atoms with E-state index in [1.165, 1.54) is 26.1 Å². The van der Waals surface area contributed by atoms with E-state index >= 15 is 0 Å². The van der Waals surface area contributed by atoms with Crippen LogP contribution in [0.4, 0.5) is 0 Å². The second-order valence-corrected chi connectivity index (χ2v) is 7.18. The summed E-state index contributed by atoms with van der Waals surface area (Å²) in [6.45, 7) is 0. The third-order valence-electron chi connectivity index (χ3n) is 3.94. The summed E-state index contributed by atoms with van der Waals surface area (Å²) in [4.78, 5) is 1.31. The Morgan fingerprint density at radius 3 is 2.21 bits per heavy atom. The lowest BCUT2D eigenvalue weighted by Crippen LogP contribution is -1.73. The lowest BCUT2D eigenvalue weighted by Gasteiger charge is -1.96. The zero-order valence-electron chi connectivity index (χ0n) is 12.9. The van der Waals surface area contributed by atoms with Crippen LogP contribution in [0.15, 0.2) is 78.9 Å². The fraction of sp³-hybridized carbons (Fsp3) is 0. The minimum Gasteiger partial charge on any atom is -0.135 e. The highest BCUT2D eigenvalue weighted by atomic mass is 35.5. The first-order valence-corrected chi connectivity index (χ1v) is 9.00. The van der Waals surface area contributed by atoms with Crippen LogP contribution in [0, 0.1) is 0 Å². The third kappa shape index (κ3) is 3.28. The SMILES string of the molecule is Clc1ccc(/C=C/c2ccc3cc(-c4ccccc4)sc3c2)cc1. The number of thiophene rings is 1. The normalized spacial score (nSPS) is 11.4. The molecule has 0 saturated heterocycles. The Labute approximate surface area is 150 Å². The van der Waals surface area contributed by atoms with Crippen molar-refractivity contribution in [2.45, 2.75) is 0 Å². The quantitative estimate of drug-likeness (QED) is 0.339. The standard InChI is InChI=1S/C22H15ClS/c23-20-12-9-16(10-13-20)6-7-17-8-11-19-15-22(24-21(19)14-17)18-4-2-1-3-5-18/h1-15H/b7-6+. The second-order valence-electron chi connectivity index (χ2n) is 5.66. The Kier molecular flexibility index (Phi) is 4.20. The molecule has 0 nitrogen and oxygen atoms in total. The van der Waals surface area contributed by atoms with Crippen LogP contribution in [0.5, 0.6) is 0 Å². The minimum absolute atomic E-state index is 0.764. The molecule has 0 saturated carbocycles. The molecule has 0 aliphatic rings. The van der Waals surface area contributed by atoms with Crippen molar-refractivity contribution in [2.24, 2.45) is 0 Å². The third-order valence-corrected chi connectivity index (χ3v) is 5.34. The highest BCUT2D eigenvalue weighted by molar-refractivity contribution is 7.22. The first-order chi connectivity index (χ1) is 11.8. The van der Waals surface area contributed by atoms with E-state index in [0.29, 0.717) is 0 Å². The van der Waals surface area contributed by atoms with Gasteiger partial charge in [0.2, 0.25) is 0 Å². The number of fused-ring (bicyclic) bond motifs is 1.